The van der Waals surface area contributed by atoms with Crippen LogP contribution >= 0.6 is 12.2 Å². The monoisotopic (exact) mass is 301 g/mol. The van der Waals surface area contributed by atoms with Gasteiger partial charge in [0.25, 0.3) is 0 Å². The van der Waals surface area contributed by atoms with Crippen LogP contribution in [0.2, 0.25) is 0 Å². The van der Waals surface area contributed by atoms with Crippen molar-refractivity contribution >= 4 is 17.1 Å². The minimum Gasteiger partial charge on any atom is -0.372 e. The fraction of sp³-hybridized carbons (Fsp3) is 0.526. The molecule has 2 rings (SSSR count). The Morgan fingerprint density at radius 3 is 2.38 bits per heavy atom. The summed E-state index contributed by atoms with van der Waals surface area (Å²) in [6.07, 6.45) is 4.34. The van der Waals surface area contributed by atoms with E-state index < -0.39 is 0 Å². The van der Waals surface area contributed by atoms with Gasteiger partial charge in [-0.25, -0.2) is 0 Å². The van der Waals surface area contributed by atoms with Gasteiger partial charge in [0.15, 0.2) is 0 Å². The van der Waals surface area contributed by atoms with Crippen molar-refractivity contribution < 1.29 is 0 Å². The summed E-state index contributed by atoms with van der Waals surface area (Å²) in [5.41, 5.74) is 2.96. The zero-order valence-corrected chi connectivity index (χ0v) is 14.8. The van der Waals surface area contributed by atoms with E-state index in [1.165, 1.54) is 11.1 Å². The molecular weight excluding hydrogens is 274 g/mol. The summed E-state index contributed by atoms with van der Waals surface area (Å²) in [5.74, 6) is 0. The first-order valence-corrected chi connectivity index (χ1v) is 8.17. The molecule has 0 aliphatic carbocycles. The van der Waals surface area contributed by atoms with Gasteiger partial charge in [0, 0.05) is 29.6 Å². The highest BCUT2D eigenvalue weighted by atomic mass is 32.1. The molecule has 0 unspecified atom stereocenters. The number of rotatable bonds is 3. The normalized spacial score (nSPS) is 18.3. The van der Waals surface area contributed by atoms with Crippen LogP contribution in [0.1, 0.15) is 46.6 Å². The lowest BCUT2D eigenvalue weighted by molar-refractivity contribution is 0.163. The zero-order chi connectivity index (χ0) is 15.7. The minimum absolute atomic E-state index is 0.157. The Morgan fingerprint density at radius 2 is 1.81 bits per heavy atom. The molecule has 1 heterocycles. The van der Waals surface area contributed by atoms with Crippen LogP contribution in [-0.2, 0) is 6.42 Å². The van der Waals surface area contributed by atoms with Gasteiger partial charge in [0.1, 0.15) is 0 Å². The summed E-state index contributed by atoms with van der Waals surface area (Å²) in [6.45, 7) is 12.5. The number of benzene rings is 1. The number of thiocarbonyl (C=S) groups is 1. The van der Waals surface area contributed by atoms with Crippen molar-refractivity contribution in [3.63, 3.8) is 0 Å². The van der Waals surface area contributed by atoms with E-state index in [1.54, 1.807) is 0 Å². The van der Waals surface area contributed by atoms with Gasteiger partial charge < -0.3 is 4.90 Å². The van der Waals surface area contributed by atoms with Crippen LogP contribution in [0, 0.1) is 5.41 Å². The molecule has 0 spiro atoms. The molecule has 1 aliphatic rings. The average molecular weight is 301 g/mol. The van der Waals surface area contributed by atoms with Gasteiger partial charge in [0.2, 0.25) is 0 Å². The standard InChI is InChI=1S/C19H27NS/c1-18(2,3)20-12-11-19(4,5)16(14-20)17(21)13-15-9-7-6-8-10-15/h6-10,14H,11-13H2,1-5H3. The van der Waals surface area contributed by atoms with Gasteiger partial charge in [-0.3, -0.25) is 0 Å². The lowest BCUT2D eigenvalue weighted by Gasteiger charge is -2.44. The predicted molar refractivity (Wildman–Crippen MR) is 95.7 cm³/mol. The predicted octanol–water partition coefficient (Wildman–Crippen LogP) is 5.01. The Hall–Kier alpha value is -1.15. The summed E-state index contributed by atoms with van der Waals surface area (Å²) in [5, 5.41) is 0. The first-order chi connectivity index (χ1) is 9.70. The van der Waals surface area contributed by atoms with Crippen LogP contribution in [0.3, 0.4) is 0 Å². The first kappa shape index (κ1) is 16.2. The van der Waals surface area contributed by atoms with Crippen molar-refractivity contribution in [2.75, 3.05) is 6.54 Å². The Balaban J connectivity index is 2.25. The lowest BCUT2D eigenvalue weighted by atomic mass is 9.76. The van der Waals surface area contributed by atoms with E-state index in [4.69, 9.17) is 12.2 Å². The molecule has 0 bridgehead atoms. The Bertz CT molecular complexity index is 534. The van der Waals surface area contributed by atoms with Crippen molar-refractivity contribution in [3.8, 4) is 0 Å². The molecular formula is C19H27NS. The van der Waals surface area contributed by atoms with Gasteiger partial charge in [-0.05, 0) is 43.7 Å². The number of nitrogens with zero attached hydrogens (tertiary/aromatic N) is 1. The molecule has 1 aromatic carbocycles. The number of allylic oxidation sites excluding steroid dienone is 1. The van der Waals surface area contributed by atoms with Crippen LogP contribution in [0.25, 0.3) is 0 Å². The molecule has 0 aromatic heterocycles. The summed E-state index contributed by atoms with van der Waals surface area (Å²) >= 11 is 5.79. The number of hydrogen-bond acceptors (Lipinski definition) is 2. The topological polar surface area (TPSA) is 3.24 Å². The highest BCUT2D eigenvalue weighted by Gasteiger charge is 2.33. The maximum absolute atomic E-state index is 5.79. The van der Waals surface area contributed by atoms with Crippen molar-refractivity contribution in [2.45, 2.75) is 53.0 Å². The van der Waals surface area contributed by atoms with Gasteiger partial charge in [0.05, 0.1) is 0 Å². The summed E-state index contributed by atoms with van der Waals surface area (Å²) in [6, 6.07) is 10.5. The van der Waals surface area contributed by atoms with Crippen LogP contribution < -0.4 is 0 Å². The lowest BCUT2D eigenvalue weighted by Crippen LogP contribution is -2.44. The van der Waals surface area contributed by atoms with Crippen molar-refractivity contribution in [2.24, 2.45) is 5.41 Å². The molecule has 21 heavy (non-hydrogen) atoms. The first-order valence-electron chi connectivity index (χ1n) is 7.76. The summed E-state index contributed by atoms with van der Waals surface area (Å²) < 4.78 is 0. The molecule has 1 nitrogen and oxygen atoms in total. The second kappa shape index (κ2) is 5.92. The molecule has 0 saturated heterocycles. The SMILES string of the molecule is CC1(C)CCN(C(C)(C)C)C=C1C(=S)Cc1ccccc1. The van der Waals surface area contributed by atoms with E-state index in [9.17, 15) is 0 Å². The molecule has 1 aromatic rings. The van der Waals surface area contributed by atoms with E-state index in [0.717, 1.165) is 24.3 Å². The maximum Gasteiger partial charge on any atom is 0.0312 e. The fourth-order valence-corrected chi connectivity index (χ4v) is 3.28. The Labute approximate surface area is 135 Å². The summed E-state index contributed by atoms with van der Waals surface area (Å²) in [7, 11) is 0. The van der Waals surface area contributed by atoms with Crippen LogP contribution in [0.15, 0.2) is 42.1 Å². The molecule has 0 N–H and O–H groups in total. The maximum atomic E-state index is 5.79. The third-order valence-corrected chi connectivity index (χ3v) is 4.73. The largest absolute Gasteiger partial charge is 0.372 e. The van der Waals surface area contributed by atoms with E-state index in [1.807, 2.05) is 0 Å². The van der Waals surface area contributed by atoms with Crippen molar-refractivity contribution in [1.82, 2.24) is 4.90 Å². The molecule has 0 radical (unpaired) electrons. The van der Waals surface area contributed by atoms with Crippen LogP contribution in [-0.4, -0.2) is 21.8 Å². The second-order valence-corrected chi connectivity index (χ2v) is 8.12. The Morgan fingerprint density at radius 1 is 1.19 bits per heavy atom. The van der Waals surface area contributed by atoms with Crippen LogP contribution in [0.4, 0.5) is 0 Å². The van der Waals surface area contributed by atoms with Crippen molar-refractivity contribution in [3.05, 3.63) is 47.7 Å². The quantitative estimate of drug-likeness (QED) is 0.722. The van der Waals surface area contributed by atoms with E-state index >= 15 is 0 Å². The molecule has 114 valence electrons. The van der Waals surface area contributed by atoms with E-state index in [0.29, 0.717) is 0 Å². The van der Waals surface area contributed by atoms with Gasteiger partial charge >= 0.3 is 0 Å². The fourth-order valence-electron chi connectivity index (χ4n) is 2.78. The van der Waals surface area contributed by atoms with Gasteiger partial charge in [-0.15, -0.1) is 0 Å². The molecule has 0 atom stereocenters. The smallest absolute Gasteiger partial charge is 0.0312 e. The summed E-state index contributed by atoms with van der Waals surface area (Å²) in [4.78, 5) is 3.52. The van der Waals surface area contributed by atoms with Crippen molar-refractivity contribution in [1.29, 1.82) is 0 Å². The number of hydrogen-bond donors (Lipinski definition) is 0. The molecule has 0 saturated carbocycles. The molecule has 0 fully saturated rings. The second-order valence-electron chi connectivity index (χ2n) is 7.63. The van der Waals surface area contributed by atoms with Crippen LogP contribution in [0.5, 0.6) is 0 Å². The molecule has 0 amide bonds. The average Bonchev–Trinajstić information content (AvgIpc) is 2.37. The third kappa shape index (κ3) is 3.94. The Kier molecular flexibility index (Phi) is 4.57. The van der Waals surface area contributed by atoms with E-state index in [2.05, 4.69) is 76.1 Å². The highest BCUT2D eigenvalue weighted by Crippen LogP contribution is 2.38. The molecule has 1 aliphatic heterocycles. The third-order valence-electron chi connectivity index (χ3n) is 4.36. The molecule has 2 heteroatoms. The highest BCUT2D eigenvalue weighted by molar-refractivity contribution is 7.80. The minimum atomic E-state index is 0.157. The van der Waals surface area contributed by atoms with Gasteiger partial charge in [-0.1, -0.05) is 56.4 Å². The zero-order valence-electron chi connectivity index (χ0n) is 13.9. The van der Waals surface area contributed by atoms with Gasteiger partial charge in [-0.2, -0.15) is 0 Å². The van der Waals surface area contributed by atoms with E-state index in [-0.39, 0.29) is 11.0 Å².